The quantitative estimate of drug-likeness (QED) is 0.550. The molecule has 1 aromatic carbocycles. The number of carbonyl (C=O) groups excluding carboxylic acids is 1. The van der Waals surface area contributed by atoms with Crippen molar-refractivity contribution in [1.29, 1.82) is 0 Å². The summed E-state index contributed by atoms with van der Waals surface area (Å²) in [6.07, 6.45) is 2.41. The van der Waals surface area contributed by atoms with Crippen LogP contribution in [0.15, 0.2) is 48.8 Å². The fraction of sp³-hybridized carbons (Fsp3) is 0.444. The molecule has 0 aliphatic carbocycles. The van der Waals surface area contributed by atoms with Gasteiger partial charge >= 0.3 is 6.18 Å². The molecule has 4 heterocycles. The first-order valence-electron chi connectivity index (χ1n) is 12.6. The molecule has 196 valence electrons. The van der Waals surface area contributed by atoms with Crippen LogP contribution in [0.4, 0.5) is 13.2 Å². The van der Waals surface area contributed by atoms with E-state index < -0.39 is 11.7 Å². The summed E-state index contributed by atoms with van der Waals surface area (Å²) in [4.78, 5) is 22.1. The number of nitrogens with zero attached hydrogens (tertiary/aromatic N) is 5. The van der Waals surface area contributed by atoms with Gasteiger partial charge in [-0.2, -0.15) is 18.3 Å². The standard InChI is InChI=1S/C27H30F3N5O2/c1-18-24(26(37)33-14-9-21(10-15-33)34-13-3-6-23(34)17-36)25(19-7-11-31-12-8-19)32-35(18)22-5-2-4-20(16-22)27(28,29)30/h2,4-5,7-8,11-12,16,21,23,36H,3,6,9-10,13-15,17H2,1H3/t23-/m0/s1. The van der Waals surface area contributed by atoms with Gasteiger partial charge in [0.2, 0.25) is 0 Å². The normalized spacial score (nSPS) is 19.5. The van der Waals surface area contributed by atoms with Crippen LogP contribution in [-0.2, 0) is 6.18 Å². The molecule has 0 bridgehead atoms. The van der Waals surface area contributed by atoms with Crippen LogP contribution in [0.5, 0.6) is 0 Å². The van der Waals surface area contributed by atoms with E-state index in [1.165, 1.54) is 10.7 Å². The summed E-state index contributed by atoms with van der Waals surface area (Å²) < 4.78 is 41.6. The number of rotatable bonds is 5. The zero-order valence-corrected chi connectivity index (χ0v) is 20.7. The van der Waals surface area contributed by atoms with E-state index in [2.05, 4.69) is 15.0 Å². The molecule has 10 heteroatoms. The summed E-state index contributed by atoms with van der Waals surface area (Å²) in [5.74, 6) is -0.180. The lowest BCUT2D eigenvalue weighted by molar-refractivity contribution is -0.137. The fourth-order valence-electron chi connectivity index (χ4n) is 5.63. The molecule has 0 unspecified atom stereocenters. The van der Waals surface area contributed by atoms with Crippen LogP contribution >= 0.6 is 0 Å². The fourth-order valence-corrected chi connectivity index (χ4v) is 5.63. The summed E-state index contributed by atoms with van der Waals surface area (Å²) in [6, 6.07) is 8.96. The maximum Gasteiger partial charge on any atom is 0.416 e. The van der Waals surface area contributed by atoms with Crippen molar-refractivity contribution in [3.8, 4) is 16.9 Å². The van der Waals surface area contributed by atoms with E-state index in [9.17, 15) is 23.1 Å². The number of benzene rings is 1. The number of piperidine rings is 1. The molecule has 37 heavy (non-hydrogen) atoms. The zero-order valence-electron chi connectivity index (χ0n) is 20.7. The lowest BCUT2D eigenvalue weighted by atomic mass is 10.00. The van der Waals surface area contributed by atoms with Gasteiger partial charge in [0.1, 0.15) is 5.69 Å². The Morgan fingerprint density at radius 2 is 1.81 bits per heavy atom. The van der Waals surface area contributed by atoms with Crippen LogP contribution in [0.25, 0.3) is 16.9 Å². The van der Waals surface area contributed by atoms with Gasteiger partial charge in [0.15, 0.2) is 0 Å². The molecular weight excluding hydrogens is 483 g/mol. The topological polar surface area (TPSA) is 74.5 Å². The summed E-state index contributed by atoms with van der Waals surface area (Å²) in [6.45, 7) is 3.99. The Morgan fingerprint density at radius 3 is 2.49 bits per heavy atom. The molecule has 1 amide bonds. The Bertz CT molecular complexity index is 1250. The molecule has 1 N–H and O–H groups in total. The van der Waals surface area contributed by atoms with Crippen LogP contribution < -0.4 is 0 Å². The highest BCUT2D eigenvalue weighted by Gasteiger charge is 2.35. The molecule has 0 radical (unpaired) electrons. The Labute approximate surface area is 213 Å². The second-order valence-electron chi connectivity index (χ2n) is 9.74. The Balaban J connectivity index is 1.46. The number of amides is 1. The molecule has 3 aromatic rings. The first-order valence-corrected chi connectivity index (χ1v) is 12.6. The summed E-state index contributed by atoms with van der Waals surface area (Å²) >= 11 is 0. The van der Waals surface area contributed by atoms with E-state index in [1.54, 1.807) is 37.5 Å². The number of pyridine rings is 1. The predicted molar refractivity (Wildman–Crippen MR) is 132 cm³/mol. The molecule has 0 spiro atoms. The van der Waals surface area contributed by atoms with E-state index in [0.29, 0.717) is 41.6 Å². The van der Waals surface area contributed by atoms with Gasteiger partial charge in [0.25, 0.3) is 5.91 Å². The van der Waals surface area contributed by atoms with Crippen LogP contribution in [0.2, 0.25) is 0 Å². The molecule has 2 aliphatic heterocycles. The molecular formula is C27H30F3N5O2. The maximum atomic E-state index is 13.9. The Hall–Kier alpha value is -3.24. The molecule has 2 fully saturated rings. The molecule has 1 atom stereocenters. The van der Waals surface area contributed by atoms with E-state index in [0.717, 1.165) is 44.4 Å². The Morgan fingerprint density at radius 1 is 1.08 bits per heavy atom. The van der Waals surface area contributed by atoms with Gasteiger partial charge in [-0.3, -0.25) is 14.7 Å². The van der Waals surface area contributed by atoms with Crippen molar-refractivity contribution >= 4 is 5.91 Å². The van der Waals surface area contributed by atoms with E-state index in [1.807, 2.05) is 4.90 Å². The van der Waals surface area contributed by atoms with Gasteiger partial charge in [-0.1, -0.05) is 6.07 Å². The highest BCUT2D eigenvalue weighted by atomic mass is 19.4. The highest BCUT2D eigenvalue weighted by molar-refractivity contribution is 6.01. The number of aliphatic hydroxyl groups excluding tert-OH is 1. The average Bonchev–Trinajstić information content (AvgIpc) is 3.53. The molecule has 2 saturated heterocycles. The number of hydrogen-bond acceptors (Lipinski definition) is 5. The van der Waals surface area contributed by atoms with Crippen molar-refractivity contribution in [3.05, 3.63) is 65.6 Å². The summed E-state index contributed by atoms with van der Waals surface area (Å²) in [5.41, 5.74) is 1.43. The lowest BCUT2D eigenvalue weighted by Crippen LogP contribution is -2.49. The first-order chi connectivity index (χ1) is 17.8. The number of aliphatic hydroxyl groups is 1. The third kappa shape index (κ3) is 5.00. The number of likely N-dealkylation sites (tertiary alicyclic amines) is 2. The largest absolute Gasteiger partial charge is 0.416 e. The first kappa shape index (κ1) is 25.4. The molecule has 7 nitrogen and oxygen atoms in total. The second-order valence-corrected chi connectivity index (χ2v) is 9.74. The van der Waals surface area contributed by atoms with E-state index in [-0.39, 0.29) is 24.2 Å². The van der Waals surface area contributed by atoms with Crippen molar-refractivity contribution in [2.24, 2.45) is 0 Å². The van der Waals surface area contributed by atoms with Crippen LogP contribution in [0.1, 0.15) is 47.3 Å². The number of halogens is 3. The average molecular weight is 514 g/mol. The zero-order chi connectivity index (χ0) is 26.2. The predicted octanol–water partition coefficient (Wildman–Crippen LogP) is 4.32. The smallest absolute Gasteiger partial charge is 0.395 e. The van der Waals surface area contributed by atoms with Gasteiger partial charge in [-0.15, -0.1) is 0 Å². The third-order valence-corrected chi connectivity index (χ3v) is 7.56. The minimum atomic E-state index is -4.49. The monoisotopic (exact) mass is 513 g/mol. The highest BCUT2D eigenvalue weighted by Crippen LogP contribution is 2.33. The molecule has 5 rings (SSSR count). The lowest BCUT2D eigenvalue weighted by Gasteiger charge is -2.39. The number of carbonyl (C=O) groups is 1. The van der Waals surface area contributed by atoms with Crippen LogP contribution in [0.3, 0.4) is 0 Å². The van der Waals surface area contributed by atoms with Gasteiger partial charge in [-0.05, 0) is 69.5 Å². The molecule has 0 saturated carbocycles. The van der Waals surface area contributed by atoms with Gasteiger partial charge in [0.05, 0.1) is 29.1 Å². The van der Waals surface area contributed by atoms with Gasteiger partial charge in [-0.25, -0.2) is 4.68 Å². The van der Waals surface area contributed by atoms with Crippen molar-refractivity contribution in [1.82, 2.24) is 24.6 Å². The van der Waals surface area contributed by atoms with Gasteiger partial charge < -0.3 is 10.0 Å². The van der Waals surface area contributed by atoms with Crippen molar-refractivity contribution in [2.75, 3.05) is 26.2 Å². The summed E-state index contributed by atoms with van der Waals surface area (Å²) in [5, 5.41) is 14.3. The third-order valence-electron chi connectivity index (χ3n) is 7.56. The SMILES string of the molecule is Cc1c(C(=O)N2CCC(N3CCC[C@H]3CO)CC2)c(-c2ccncc2)nn1-c1cccc(C(F)(F)F)c1. The van der Waals surface area contributed by atoms with Crippen molar-refractivity contribution < 1.29 is 23.1 Å². The number of alkyl halides is 3. The number of hydrogen-bond donors (Lipinski definition) is 1. The van der Waals surface area contributed by atoms with Gasteiger partial charge in [0, 0.05) is 43.1 Å². The Kier molecular flexibility index (Phi) is 7.04. The second kappa shape index (κ2) is 10.3. The minimum absolute atomic E-state index is 0.155. The van der Waals surface area contributed by atoms with Crippen molar-refractivity contribution in [3.63, 3.8) is 0 Å². The summed E-state index contributed by atoms with van der Waals surface area (Å²) in [7, 11) is 0. The molecule has 2 aliphatic rings. The maximum absolute atomic E-state index is 13.9. The van der Waals surface area contributed by atoms with Crippen LogP contribution in [-0.4, -0.2) is 73.9 Å². The van der Waals surface area contributed by atoms with E-state index >= 15 is 0 Å². The van der Waals surface area contributed by atoms with Crippen LogP contribution in [0, 0.1) is 6.92 Å². The minimum Gasteiger partial charge on any atom is -0.395 e. The van der Waals surface area contributed by atoms with E-state index in [4.69, 9.17) is 0 Å². The van der Waals surface area contributed by atoms with Crippen molar-refractivity contribution in [2.45, 2.75) is 50.9 Å². The molecule has 2 aromatic heterocycles. The number of aromatic nitrogens is 3.